The molecule has 24 heavy (non-hydrogen) atoms. The first-order chi connectivity index (χ1) is 11.3. The van der Waals surface area contributed by atoms with E-state index in [9.17, 15) is 14.4 Å². The number of ether oxygens (including phenoxy) is 2. The van der Waals surface area contributed by atoms with Crippen LogP contribution in [0.25, 0.3) is 0 Å². The van der Waals surface area contributed by atoms with E-state index in [4.69, 9.17) is 9.47 Å². The average molecular weight is 338 g/mol. The van der Waals surface area contributed by atoms with Crippen LogP contribution in [0.2, 0.25) is 0 Å². The highest BCUT2D eigenvalue weighted by atomic mass is 16.6. The van der Waals surface area contributed by atoms with Crippen LogP contribution in [0.4, 0.5) is 9.59 Å². The molecule has 2 saturated heterocycles. The van der Waals surface area contributed by atoms with Gasteiger partial charge in [-0.2, -0.15) is 4.90 Å². The van der Waals surface area contributed by atoms with Crippen molar-refractivity contribution < 1.29 is 23.9 Å². The highest BCUT2D eigenvalue weighted by Crippen LogP contribution is 2.38. The molecule has 1 aliphatic carbocycles. The fraction of sp³-hybridized carbons (Fsp3) is 0.824. The molecule has 4 atom stereocenters. The van der Waals surface area contributed by atoms with Gasteiger partial charge in [0.2, 0.25) is 0 Å². The highest BCUT2D eigenvalue weighted by molar-refractivity contribution is 6.03. The molecule has 0 spiro atoms. The predicted octanol–water partition coefficient (Wildman–Crippen LogP) is 2.44. The monoisotopic (exact) mass is 338 g/mol. The Morgan fingerprint density at radius 2 is 2.00 bits per heavy atom. The minimum atomic E-state index is -0.926. The fourth-order valence-corrected chi connectivity index (χ4v) is 4.13. The lowest BCUT2D eigenvalue weighted by Crippen LogP contribution is -2.44. The Bertz CT molecular complexity index is 542. The van der Waals surface area contributed by atoms with E-state index in [1.54, 1.807) is 20.8 Å². The number of hydrogen-bond acceptors (Lipinski definition) is 6. The second-order valence-electron chi connectivity index (χ2n) is 8.01. The number of nitrogens with one attached hydrogen (secondary N) is 1. The summed E-state index contributed by atoms with van der Waals surface area (Å²) < 4.78 is 9.96. The third kappa shape index (κ3) is 3.41. The largest absolute Gasteiger partial charge is 0.443 e. The first-order valence-corrected chi connectivity index (χ1v) is 8.77. The summed E-state index contributed by atoms with van der Waals surface area (Å²) in [7, 11) is 0. The molecule has 0 aromatic carbocycles. The maximum absolute atomic E-state index is 12.3. The van der Waals surface area contributed by atoms with Gasteiger partial charge in [-0.1, -0.05) is 12.8 Å². The molecule has 7 heteroatoms. The van der Waals surface area contributed by atoms with Crippen LogP contribution in [-0.2, 0) is 14.3 Å². The number of hydrogen-bond donors (Lipinski definition) is 1. The molecular weight excluding hydrogens is 312 g/mol. The molecule has 2 heterocycles. The first kappa shape index (κ1) is 17.2. The molecule has 4 unspecified atom stereocenters. The molecule has 0 bridgehead atoms. The summed E-state index contributed by atoms with van der Waals surface area (Å²) in [5.74, 6) is 0.122. The molecule has 7 nitrogen and oxygen atoms in total. The summed E-state index contributed by atoms with van der Waals surface area (Å²) in [4.78, 5) is 37.2. The Balaban J connectivity index is 1.71. The lowest BCUT2D eigenvalue weighted by molar-refractivity contribution is -0.136. The molecule has 3 fully saturated rings. The normalized spacial score (nSPS) is 33.4. The second-order valence-corrected chi connectivity index (χ2v) is 8.01. The smallest absolute Gasteiger partial charge is 0.427 e. The van der Waals surface area contributed by atoms with E-state index >= 15 is 0 Å². The number of amides is 2. The summed E-state index contributed by atoms with van der Waals surface area (Å²) in [6.07, 6.45) is 3.42. The summed E-state index contributed by atoms with van der Waals surface area (Å²) in [5, 5.41) is 3.52. The maximum Gasteiger partial charge on any atom is 0.427 e. The number of carbonyl (C=O) groups excluding carboxylic acids is 3. The summed E-state index contributed by atoms with van der Waals surface area (Å²) >= 11 is 0. The van der Waals surface area contributed by atoms with Gasteiger partial charge >= 0.3 is 18.2 Å². The number of fused-ring (bicyclic) bond motifs is 1. The molecule has 1 N–H and O–H groups in total. The van der Waals surface area contributed by atoms with Crippen molar-refractivity contribution in [3.05, 3.63) is 0 Å². The van der Waals surface area contributed by atoms with E-state index in [0.717, 1.165) is 24.3 Å². The van der Waals surface area contributed by atoms with Gasteiger partial charge in [-0.3, -0.25) is 0 Å². The lowest BCUT2D eigenvalue weighted by Gasteiger charge is -2.30. The average Bonchev–Trinajstić information content (AvgIpc) is 2.99. The van der Waals surface area contributed by atoms with E-state index in [0.29, 0.717) is 18.4 Å². The summed E-state index contributed by atoms with van der Waals surface area (Å²) in [6.45, 7) is 5.97. The number of cyclic esters (lactones) is 2. The van der Waals surface area contributed by atoms with Crippen LogP contribution >= 0.6 is 0 Å². The molecule has 2 amide bonds. The molecule has 134 valence electrons. The van der Waals surface area contributed by atoms with Crippen molar-refractivity contribution in [2.24, 2.45) is 11.8 Å². The van der Waals surface area contributed by atoms with Crippen molar-refractivity contribution in [2.75, 3.05) is 6.54 Å². The van der Waals surface area contributed by atoms with Crippen molar-refractivity contribution in [3.8, 4) is 0 Å². The summed E-state index contributed by atoms with van der Waals surface area (Å²) in [6, 6.07) is -0.383. The number of nitrogens with zero attached hydrogens (tertiary/aromatic N) is 1. The number of rotatable bonds is 2. The lowest BCUT2D eigenvalue weighted by atomic mass is 9.77. The van der Waals surface area contributed by atoms with E-state index in [1.807, 2.05) is 0 Å². The van der Waals surface area contributed by atoms with E-state index in [2.05, 4.69) is 5.32 Å². The van der Waals surface area contributed by atoms with Gasteiger partial charge < -0.3 is 14.8 Å². The molecular formula is C17H26N2O5. The van der Waals surface area contributed by atoms with Crippen molar-refractivity contribution in [1.82, 2.24) is 10.2 Å². The standard InChI is InChI=1S/C17H26N2O5/c1-17(2,3)24-16(22)19-13(14(20)23-15(19)21)8-10-9-18-12-7-5-4-6-11(10)12/h10-13,18H,4-9H2,1-3H3. The Morgan fingerprint density at radius 3 is 2.71 bits per heavy atom. The van der Waals surface area contributed by atoms with E-state index in [-0.39, 0.29) is 5.92 Å². The van der Waals surface area contributed by atoms with Gasteiger partial charge in [0, 0.05) is 6.04 Å². The van der Waals surface area contributed by atoms with Gasteiger partial charge in [-0.15, -0.1) is 0 Å². The fourth-order valence-electron chi connectivity index (χ4n) is 4.13. The predicted molar refractivity (Wildman–Crippen MR) is 85.2 cm³/mol. The number of imide groups is 1. The molecule has 0 radical (unpaired) electrons. The zero-order valence-corrected chi connectivity index (χ0v) is 14.5. The minimum Gasteiger partial charge on any atom is -0.443 e. The van der Waals surface area contributed by atoms with Crippen LogP contribution in [0, 0.1) is 11.8 Å². The topological polar surface area (TPSA) is 84.9 Å². The highest BCUT2D eigenvalue weighted by Gasteiger charge is 2.49. The van der Waals surface area contributed by atoms with Gasteiger partial charge in [0.25, 0.3) is 0 Å². The van der Waals surface area contributed by atoms with Gasteiger partial charge in [0.05, 0.1) is 0 Å². The minimum absolute atomic E-state index is 0.267. The maximum atomic E-state index is 12.3. The van der Waals surface area contributed by atoms with Crippen LogP contribution in [-0.4, -0.2) is 47.3 Å². The first-order valence-electron chi connectivity index (χ1n) is 8.77. The third-order valence-electron chi connectivity index (χ3n) is 5.15. The van der Waals surface area contributed by atoms with Crippen LogP contribution in [0.15, 0.2) is 0 Å². The zero-order valence-electron chi connectivity index (χ0n) is 14.5. The Morgan fingerprint density at radius 1 is 1.29 bits per heavy atom. The Hall–Kier alpha value is -1.63. The number of esters is 1. The third-order valence-corrected chi connectivity index (χ3v) is 5.15. The Kier molecular flexibility index (Phi) is 4.55. The van der Waals surface area contributed by atoms with Crippen LogP contribution in [0.3, 0.4) is 0 Å². The molecule has 3 aliphatic rings. The van der Waals surface area contributed by atoms with Crippen LogP contribution < -0.4 is 5.32 Å². The molecule has 0 aromatic heterocycles. The molecule has 3 rings (SSSR count). The zero-order chi connectivity index (χ0) is 17.5. The van der Waals surface area contributed by atoms with Gasteiger partial charge in [0.1, 0.15) is 11.6 Å². The van der Waals surface area contributed by atoms with Crippen molar-refractivity contribution in [1.29, 1.82) is 0 Å². The van der Waals surface area contributed by atoms with Crippen molar-refractivity contribution in [3.63, 3.8) is 0 Å². The molecule has 1 saturated carbocycles. The van der Waals surface area contributed by atoms with Crippen molar-refractivity contribution in [2.45, 2.75) is 70.6 Å². The molecule has 0 aromatic rings. The van der Waals surface area contributed by atoms with Gasteiger partial charge in [0.15, 0.2) is 0 Å². The number of carbonyl (C=O) groups is 3. The van der Waals surface area contributed by atoms with E-state index < -0.39 is 29.8 Å². The van der Waals surface area contributed by atoms with Gasteiger partial charge in [-0.25, -0.2) is 14.4 Å². The second kappa shape index (κ2) is 6.35. The van der Waals surface area contributed by atoms with Crippen LogP contribution in [0.5, 0.6) is 0 Å². The van der Waals surface area contributed by atoms with Crippen LogP contribution in [0.1, 0.15) is 52.9 Å². The Labute approximate surface area is 142 Å². The molecule has 2 aliphatic heterocycles. The van der Waals surface area contributed by atoms with Crippen molar-refractivity contribution >= 4 is 18.2 Å². The SMILES string of the molecule is CC(C)(C)OC(=O)N1C(=O)OC(=O)C1CC1CNC2CCCCC12. The van der Waals surface area contributed by atoms with E-state index in [1.165, 1.54) is 12.8 Å². The quantitative estimate of drug-likeness (QED) is 0.615. The summed E-state index contributed by atoms with van der Waals surface area (Å²) in [5.41, 5.74) is -0.739. The van der Waals surface area contributed by atoms with Gasteiger partial charge in [-0.05, 0) is 58.4 Å².